The van der Waals surface area contributed by atoms with E-state index in [4.69, 9.17) is 11.3 Å². The van der Waals surface area contributed by atoms with E-state index < -0.39 is 33.0 Å². The monoisotopic (exact) mass is 544 g/mol. The number of Topliss-reactive ketones (excluding diaryl/α,β-unsaturated/α-hetero) is 1. The van der Waals surface area contributed by atoms with Gasteiger partial charge in [0.2, 0.25) is 11.6 Å². The highest BCUT2D eigenvalue weighted by Crippen LogP contribution is 2.80. The lowest BCUT2D eigenvalue weighted by atomic mass is 9.33. The predicted molar refractivity (Wildman–Crippen MR) is 152 cm³/mol. The number of carbonyl (C=O) groups excluding carboxylic acids is 3. The highest BCUT2D eigenvalue weighted by Gasteiger charge is 2.81. The first kappa shape index (κ1) is 27.5. The van der Waals surface area contributed by atoms with Gasteiger partial charge in [0, 0.05) is 36.3 Å². The molecule has 6 heteroatoms. The molecule has 1 saturated heterocycles. The van der Waals surface area contributed by atoms with E-state index in [2.05, 4.69) is 46.0 Å². The molecule has 1 heterocycles. The fraction of sp³-hybridized carbons (Fsp3) is 0.706. The third-order valence-electron chi connectivity index (χ3n) is 13.4. The minimum absolute atomic E-state index is 0.00155. The topological polar surface area (TPSA) is 68.0 Å². The molecule has 5 aliphatic carbocycles. The molecule has 1 amide bonds. The Hall–Kier alpha value is -2.68. The van der Waals surface area contributed by atoms with Gasteiger partial charge in [0.05, 0.1) is 12.3 Å². The van der Waals surface area contributed by atoms with E-state index in [1.54, 1.807) is 27.1 Å². The number of ether oxygens (including phenoxy) is 1. The van der Waals surface area contributed by atoms with Crippen LogP contribution in [0.25, 0.3) is 4.85 Å². The van der Waals surface area contributed by atoms with Crippen molar-refractivity contribution in [2.24, 2.45) is 44.3 Å². The molecule has 4 fully saturated rings. The van der Waals surface area contributed by atoms with Crippen LogP contribution >= 0.6 is 0 Å². The van der Waals surface area contributed by atoms with Gasteiger partial charge >= 0.3 is 0 Å². The molecule has 214 valence electrons. The van der Waals surface area contributed by atoms with E-state index in [0.717, 1.165) is 49.9 Å². The molecule has 6 nitrogen and oxygen atoms in total. The molecule has 6 aliphatic rings. The molecule has 0 N–H and O–H groups in total. The first-order chi connectivity index (χ1) is 18.4. The van der Waals surface area contributed by atoms with Gasteiger partial charge in [-0.1, -0.05) is 52.8 Å². The van der Waals surface area contributed by atoms with Crippen LogP contribution < -0.4 is 0 Å². The summed E-state index contributed by atoms with van der Waals surface area (Å²) in [5.74, 6) is -0.156. The van der Waals surface area contributed by atoms with Crippen molar-refractivity contribution in [3.05, 3.63) is 47.2 Å². The molecule has 1 spiro atoms. The zero-order valence-electron chi connectivity index (χ0n) is 25.5. The molecule has 0 aromatic rings. The fourth-order valence-corrected chi connectivity index (χ4v) is 11.0. The van der Waals surface area contributed by atoms with Gasteiger partial charge in [-0.3, -0.25) is 9.59 Å². The zero-order chi connectivity index (χ0) is 29.5. The molecule has 0 aromatic carbocycles. The van der Waals surface area contributed by atoms with E-state index in [-0.39, 0.29) is 40.1 Å². The van der Waals surface area contributed by atoms with Crippen molar-refractivity contribution in [3.63, 3.8) is 0 Å². The predicted octanol–water partition coefficient (Wildman–Crippen LogP) is 6.29. The summed E-state index contributed by atoms with van der Waals surface area (Å²) in [5.41, 5.74) is -3.12. The van der Waals surface area contributed by atoms with Crippen molar-refractivity contribution < 1.29 is 19.1 Å². The second-order valence-electron chi connectivity index (χ2n) is 15.7. The molecule has 0 radical (unpaired) electrons. The molecule has 40 heavy (non-hydrogen) atoms. The lowest BCUT2D eigenvalue weighted by Crippen LogP contribution is -2.72. The average Bonchev–Trinajstić information content (AvgIpc) is 3.07. The van der Waals surface area contributed by atoms with Crippen LogP contribution in [0.4, 0.5) is 0 Å². The standard InChI is InChI=1S/C34H44N2O4/c1-20-33-15-13-28(2,3)19-24(33)34(40-20)25(37)17-23-29(4)18-21(35-8)26(38)32(7,27(39)36(9)10)22(29)11-12-30(23,5)31(34,6)14-16-33/h17-18,22,24H,1,11-16,19H2,2-7,9-10H3/t22-,24-,29+,30-,31+,32+,33-,34-/m1/s1. The van der Waals surface area contributed by atoms with Crippen molar-refractivity contribution >= 4 is 17.5 Å². The lowest BCUT2D eigenvalue weighted by molar-refractivity contribution is -0.203. The Bertz CT molecular complexity index is 1400. The maximum atomic E-state index is 14.8. The van der Waals surface area contributed by atoms with Crippen molar-refractivity contribution in [1.82, 2.24) is 4.90 Å². The lowest BCUT2D eigenvalue weighted by Gasteiger charge is -2.69. The first-order valence-corrected chi connectivity index (χ1v) is 14.9. The third-order valence-corrected chi connectivity index (χ3v) is 13.4. The molecule has 0 aromatic heterocycles. The Morgan fingerprint density at radius 3 is 2.30 bits per heavy atom. The van der Waals surface area contributed by atoms with Crippen molar-refractivity contribution in [1.29, 1.82) is 0 Å². The Labute approximate surface area is 239 Å². The molecule has 8 atom stereocenters. The Morgan fingerprint density at radius 2 is 1.68 bits per heavy atom. The van der Waals surface area contributed by atoms with Crippen LogP contribution in [-0.4, -0.2) is 42.1 Å². The van der Waals surface area contributed by atoms with E-state index in [1.807, 2.05) is 6.08 Å². The maximum Gasteiger partial charge on any atom is 0.234 e. The van der Waals surface area contributed by atoms with Crippen LogP contribution in [0.1, 0.15) is 86.5 Å². The van der Waals surface area contributed by atoms with Gasteiger partial charge in [-0.15, -0.1) is 0 Å². The molecule has 3 saturated carbocycles. The maximum absolute atomic E-state index is 14.8. The van der Waals surface area contributed by atoms with Crippen molar-refractivity contribution in [3.8, 4) is 0 Å². The van der Waals surface area contributed by atoms with Crippen LogP contribution in [0, 0.1) is 50.9 Å². The fourth-order valence-electron chi connectivity index (χ4n) is 11.0. The van der Waals surface area contributed by atoms with E-state index in [9.17, 15) is 14.4 Å². The summed E-state index contributed by atoms with van der Waals surface area (Å²) in [6.45, 7) is 25.3. The van der Waals surface area contributed by atoms with Crippen molar-refractivity contribution in [2.75, 3.05) is 14.1 Å². The quantitative estimate of drug-likeness (QED) is 0.287. The zero-order valence-corrected chi connectivity index (χ0v) is 25.5. The summed E-state index contributed by atoms with van der Waals surface area (Å²) < 4.78 is 6.91. The smallest absolute Gasteiger partial charge is 0.234 e. The number of amides is 1. The number of rotatable bonds is 1. The largest absolute Gasteiger partial charge is 0.483 e. The number of hydrogen-bond donors (Lipinski definition) is 0. The van der Waals surface area contributed by atoms with Crippen LogP contribution in [0.15, 0.2) is 35.8 Å². The Balaban J connectivity index is 1.59. The van der Waals surface area contributed by atoms with E-state index in [0.29, 0.717) is 6.42 Å². The number of nitrogens with zero attached hydrogens (tertiary/aromatic N) is 2. The third kappa shape index (κ3) is 2.69. The minimum Gasteiger partial charge on any atom is -0.483 e. The normalized spacial score (nSPS) is 48.3. The van der Waals surface area contributed by atoms with E-state index in [1.165, 1.54) is 4.90 Å². The summed E-state index contributed by atoms with van der Waals surface area (Å²) in [5, 5.41) is 0. The molecule has 1 aliphatic heterocycles. The van der Waals surface area contributed by atoms with Crippen LogP contribution in [0.3, 0.4) is 0 Å². The molecular formula is C34H44N2O4. The Morgan fingerprint density at radius 1 is 1.02 bits per heavy atom. The van der Waals surface area contributed by atoms with Gasteiger partial charge in [0.25, 0.3) is 0 Å². The summed E-state index contributed by atoms with van der Waals surface area (Å²) in [4.78, 5) is 47.3. The summed E-state index contributed by atoms with van der Waals surface area (Å²) in [6, 6.07) is 0. The van der Waals surface area contributed by atoms with Gasteiger partial charge in [-0.05, 0) is 74.7 Å². The molecular weight excluding hydrogens is 500 g/mol. The van der Waals surface area contributed by atoms with Crippen LogP contribution in [0.5, 0.6) is 0 Å². The van der Waals surface area contributed by atoms with Gasteiger partial charge in [-0.2, -0.15) is 0 Å². The number of carbonyl (C=O) groups is 3. The second-order valence-corrected chi connectivity index (χ2v) is 15.7. The highest BCUT2D eigenvalue weighted by atomic mass is 16.5. The van der Waals surface area contributed by atoms with Gasteiger partial charge in [0.1, 0.15) is 5.41 Å². The van der Waals surface area contributed by atoms with Gasteiger partial charge in [-0.25, -0.2) is 4.85 Å². The first-order valence-electron chi connectivity index (χ1n) is 14.9. The minimum atomic E-state index is -1.37. The summed E-state index contributed by atoms with van der Waals surface area (Å²) in [7, 11) is 3.33. The summed E-state index contributed by atoms with van der Waals surface area (Å²) in [6.07, 6.45) is 9.87. The second kappa shape index (κ2) is 7.58. The Kier molecular flexibility index (Phi) is 5.21. The molecule has 0 unspecified atom stereocenters. The SMILES string of the molecule is [C-]#[N+]C1=C[C@]2(C)C3=CC(=O)[C@]45OC(=C)[C@@]6(CCC(C)(C)C[C@H]64)CC[C@@]5(C)[C@]3(C)CC[C@H]2[C@](C)(C(=O)N(C)C)C1=O. The highest BCUT2D eigenvalue weighted by molar-refractivity contribution is 6.15. The van der Waals surface area contributed by atoms with E-state index >= 15 is 0 Å². The van der Waals surface area contributed by atoms with Crippen LogP contribution in [0.2, 0.25) is 0 Å². The number of ketones is 2. The number of fused-ring (bicyclic) bond motifs is 4. The van der Waals surface area contributed by atoms with Crippen molar-refractivity contribution in [2.45, 2.75) is 92.1 Å². The average molecular weight is 545 g/mol. The van der Waals surface area contributed by atoms with Gasteiger partial charge in [0.15, 0.2) is 17.2 Å². The molecule has 6 rings (SSSR count). The van der Waals surface area contributed by atoms with Gasteiger partial charge < -0.3 is 14.4 Å². The molecule has 2 bridgehead atoms. The number of allylic oxidation sites excluding steroid dienone is 4. The van der Waals surface area contributed by atoms with Crippen LogP contribution in [-0.2, 0) is 19.1 Å². The number of hydrogen-bond acceptors (Lipinski definition) is 4. The summed E-state index contributed by atoms with van der Waals surface area (Å²) >= 11 is 0.